The third-order valence-electron chi connectivity index (χ3n) is 5.73. The lowest BCUT2D eigenvalue weighted by atomic mass is 9.99. The van der Waals surface area contributed by atoms with E-state index in [2.05, 4.69) is 17.4 Å². The van der Waals surface area contributed by atoms with E-state index < -0.39 is 5.91 Å². The summed E-state index contributed by atoms with van der Waals surface area (Å²) in [4.78, 5) is 0. The zero-order valence-corrected chi connectivity index (χ0v) is 16.8. The summed E-state index contributed by atoms with van der Waals surface area (Å²) in [6.45, 7) is 3.91. The molecule has 0 aliphatic carbocycles. The summed E-state index contributed by atoms with van der Waals surface area (Å²) in [5.74, 6) is -2.13. The Balaban J connectivity index is 1.65. The average Bonchev–Trinajstić information content (AvgIpc) is 2.71. The summed E-state index contributed by atoms with van der Waals surface area (Å²) in [6.07, 6.45) is 0.957. The second-order valence-corrected chi connectivity index (χ2v) is 8.71. The van der Waals surface area contributed by atoms with Gasteiger partial charge in [0.25, 0.3) is 5.91 Å². The molecule has 0 radical (unpaired) electrons. The Morgan fingerprint density at radius 1 is 1.18 bits per heavy atom. The maximum absolute atomic E-state index is 14.2. The summed E-state index contributed by atoms with van der Waals surface area (Å²) in [5.41, 5.74) is 2.71. The Labute approximate surface area is 169 Å². The normalized spacial score (nSPS) is 28.2. The van der Waals surface area contributed by atoms with Gasteiger partial charge < -0.3 is 15.5 Å². The molecule has 0 saturated carbocycles. The molecule has 0 amide bonds. The first-order chi connectivity index (χ1) is 13.5. The van der Waals surface area contributed by atoms with E-state index in [1.54, 1.807) is 17.4 Å². The molecule has 4 N–H and O–H groups in total. The first-order valence-electron chi connectivity index (χ1n) is 9.75. The van der Waals surface area contributed by atoms with Crippen LogP contribution in [0, 0.1) is 12.7 Å². The summed E-state index contributed by atoms with van der Waals surface area (Å²) in [6, 6.07) is 15.2. The number of rotatable bonds is 3. The number of quaternary nitrogens is 1. The number of halogens is 1. The summed E-state index contributed by atoms with van der Waals surface area (Å²) < 4.78 is 15.9. The lowest BCUT2D eigenvalue weighted by molar-refractivity contribution is -1.04. The Morgan fingerprint density at radius 3 is 2.75 bits per heavy atom. The fourth-order valence-corrected chi connectivity index (χ4v) is 5.54. The van der Waals surface area contributed by atoms with Crippen LogP contribution in [0.4, 0.5) is 4.39 Å². The fraction of sp³-hybridized carbons (Fsp3) is 0.429. The molecule has 4 rings (SSSR count). The number of hydrogen-bond acceptors (Lipinski definition) is 5. The highest BCUT2D eigenvalue weighted by atomic mass is 32.2. The van der Waals surface area contributed by atoms with Crippen LogP contribution in [0.3, 0.4) is 0 Å². The second-order valence-electron chi connectivity index (χ2n) is 7.56. The van der Waals surface area contributed by atoms with Gasteiger partial charge in [0.1, 0.15) is 18.4 Å². The van der Waals surface area contributed by atoms with Gasteiger partial charge >= 0.3 is 0 Å². The van der Waals surface area contributed by atoms with Gasteiger partial charge in [-0.2, -0.15) is 0 Å². The molecule has 150 valence electrons. The van der Waals surface area contributed by atoms with Gasteiger partial charge in [0.2, 0.25) is 0 Å². The largest absolute Gasteiger partial charge is 0.349 e. The Morgan fingerprint density at radius 2 is 1.96 bits per heavy atom. The highest BCUT2D eigenvalue weighted by Crippen LogP contribution is 2.43. The quantitative estimate of drug-likeness (QED) is 0.464. The third kappa shape index (κ3) is 3.83. The number of hydrogen-bond donors (Lipinski definition) is 4. The highest BCUT2D eigenvalue weighted by Gasteiger charge is 2.49. The fourth-order valence-electron chi connectivity index (χ4n) is 4.17. The molecule has 0 aromatic heterocycles. The van der Waals surface area contributed by atoms with Crippen LogP contribution in [-0.4, -0.2) is 40.2 Å². The van der Waals surface area contributed by atoms with Crippen molar-refractivity contribution in [3.05, 3.63) is 71.0 Å². The van der Waals surface area contributed by atoms with E-state index in [-0.39, 0.29) is 23.5 Å². The molecule has 3 atom stereocenters. The number of aliphatic hydroxyl groups is 2. The Kier molecular flexibility index (Phi) is 5.73. The van der Waals surface area contributed by atoms with E-state index in [0.29, 0.717) is 25.1 Å². The molecular formula is C21H27FN3O2S+. The van der Waals surface area contributed by atoms with Crippen LogP contribution in [0.25, 0.3) is 0 Å². The molecule has 3 unspecified atom stereocenters. The van der Waals surface area contributed by atoms with Crippen molar-refractivity contribution in [2.45, 2.75) is 37.0 Å². The summed E-state index contributed by atoms with van der Waals surface area (Å²) in [7, 11) is 0. The minimum Gasteiger partial charge on any atom is -0.349 e. The highest BCUT2D eigenvalue weighted by molar-refractivity contribution is 7.97. The van der Waals surface area contributed by atoms with Crippen LogP contribution in [-0.2, 0) is 0 Å². The van der Waals surface area contributed by atoms with Crippen molar-refractivity contribution in [1.29, 1.82) is 0 Å². The predicted octanol–water partition coefficient (Wildman–Crippen LogP) is 1.70. The van der Waals surface area contributed by atoms with Gasteiger partial charge in [-0.25, -0.2) is 9.40 Å². The van der Waals surface area contributed by atoms with Crippen molar-refractivity contribution in [2.75, 3.05) is 19.6 Å². The van der Waals surface area contributed by atoms with Gasteiger partial charge in [-0.05, 0) is 46.9 Å². The standard InChI is InChI=1S/C21H26FN3O2S/c1-15-17(8-5-9-18(15)22)19-14-23-12-13-24(19)25-21(26,27)11-10-20(28-25)16-6-3-2-4-7-16/h2-9,19-20,23,26-27H,10-14H2,1H3/p+1. The van der Waals surface area contributed by atoms with Gasteiger partial charge in [-0.15, -0.1) is 0 Å². The minimum atomic E-state index is -1.90. The van der Waals surface area contributed by atoms with Crippen molar-refractivity contribution in [1.82, 2.24) is 9.73 Å². The zero-order valence-electron chi connectivity index (χ0n) is 15.9. The van der Waals surface area contributed by atoms with E-state index in [0.717, 1.165) is 17.1 Å². The molecule has 0 spiro atoms. The summed E-state index contributed by atoms with van der Waals surface area (Å²) in [5, 5.41) is 26.1. The lowest BCUT2D eigenvalue weighted by Gasteiger charge is -2.47. The van der Waals surface area contributed by atoms with E-state index in [4.69, 9.17) is 0 Å². The van der Waals surface area contributed by atoms with Crippen molar-refractivity contribution in [2.24, 2.45) is 0 Å². The monoisotopic (exact) mass is 404 g/mol. The van der Waals surface area contributed by atoms with Crippen LogP contribution >= 0.6 is 11.9 Å². The Hall–Kier alpha value is -1.48. The second kappa shape index (κ2) is 8.10. The summed E-state index contributed by atoms with van der Waals surface area (Å²) >= 11 is 1.48. The number of benzene rings is 2. The minimum absolute atomic E-state index is 0.0925. The zero-order chi connectivity index (χ0) is 19.7. The van der Waals surface area contributed by atoms with Crippen molar-refractivity contribution in [3.63, 3.8) is 0 Å². The lowest BCUT2D eigenvalue weighted by Crippen LogP contribution is -3.21. The molecule has 2 aromatic carbocycles. The van der Waals surface area contributed by atoms with Crippen LogP contribution in [0.15, 0.2) is 48.5 Å². The molecule has 0 bridgehead atoms. The van der Waals surface area contributed by atoms with Crippen LogP contribution in [0.1, 0.15) is 40.8 Å². The van der Waals surface area contributed by atoms with Gasteiger partial charge in [-0.1, -0.05) is 42.5 Å². The van der Waals surface area contributed by atoms with Crippen molar-refractivity contribution < 1.29 is 19.6 Å². The molecule has 2 heterocycles. The first-order valence-corrected chi connectivity index (χ1v) is 10.6. The molecule has 2 saturated heterocycles. The molecule has 2 aliphatic heterocycles. The van der Waals surface area contributed by atoms with Crippen molar-refractivity contribution in [3.8, 4) is 0 Å². The van der Waals surface area contributed by atoms with E-state index >= 15 is 0 Å². The predicted molar refractivity (Wildman–Crippen MR) is 108 cm³/mol. The number of piperazine rings is 1. The van der Waals surface area contributed by atoms with Gasteiger partial charge in [-0.3, -0.25) is 0 Å². The van der Waals surface area contributed by atoms with E-state index in [1.165, 1.54) is 23.6 Å². The van der Waals surface area contributed by atoms with Crippen LogP contribution in [0.2, 0.25) is 0 Å². The number of nitrogens with zero attached hydrogens (tertiary/aromatic N) is 1. The molecule has 2 aliphatic rings. The third-order valence-corrected chi connectivity index (χ3v) is 7.23. The van der Waals surface area contributed by atoms with Crippen LogP contribution < -0.4 is 10.3 Å². The Bertz CT molecular complexity index is 821. The number of nitrogens with one attached hydrogen (secondary N) is 2. The molecule has 5 nitrogen and oxygen atoms in total. The van der Waals surface area contributed by atoms with Crippen LogP contribution in [0.5, 0.6) is 0 Å². The van der Waals surface area contributed by atoms with Gasteiger partial charge in [0.15, 0.2) is 0 Å². The average molecular weight is 405 g/mol. The maximum Gasteiger partial charge on any atom is 0.280 e. The van der Waals surface area contributed by atoms with Crippen molar-refractivity contribution >= 4 is 11.9 Å². The first kappa shape index (κ1) is 19.8. The molecular weight excluding hydrogens is 377 g/mol. The van der Waals surface area contributed by atoms with Gasteiger partial charge in [0, 0.05) is 23.8 Å². The topological polar surface area (TPSA) is 60.2 Å². The molecule has 2 aromatic rings. The maximum atomic E-state index is 14.2. The van der Waals surface area contributed by atoms with E-state index in [9.17, 15) is 14.6 Å². The SMILES string of the molecule is Cc1c(F)cccc1C1CNCC[NH+]1N1SC(c2ccccc2)CCC1(O)O. The molecule has 7 heteroatoms. The molecule has 2 fully saturated rings. The molecule has 28 heavy (non-hydrogen) atoms. The van der Waals surface area contributed by atoms with E-state index in [1.807, 2.05) is 24.3 Å². The smallest absolute Gasteiger partial charge is 0.280 e. The van der Waals surface area contributed by atoms with Gasteiger partial charge in [0.05, 0.1) is 6.54 Å².